The fourth-order valence-corrected chi connectivity index (χ4v) is 0.142. The summed E-state index contributed by atoms with van der Waals surface area (Å²) in [5.41, 5.74) is 9.64. The first-order chi connectivity index (χ1) is 4.31. The fourth-order valence-electron chi connectivity index (χ4n) is 0.142. The third-order valence-corrected chi connectivity index (χ3v) is 0.531. The standard InChI is InChI=1S/C3H8N4.CH5N/c1-6-3(5)7-2-4;1-2/h3,6-7H,5H2,1H3;2H2,1H3. The van der Waals surface area contributed by atoms with Crippen LogP contribution in [-0.2, 0) is 0 Å². The molecule has 0 aliphatic carbocycles. The molecule has 0 aromatic rings. The van der Waals surface area contributed by atoms with Gasteiger partial charge >= 0.3 is 0 Å². The molecular weight excluding hydrogens is 118 g/mol. The Bertz CT molecular complexity index is 75.5. The Morgan fingerprint density at radius 1 is 1.56 bits per heavy atom. The molecule has 0 heterocycles. The first-order valence-corrected chi connectivity index (χ1v) is 2.46. The van der Waals surface area contributed by atoms with Gasteiger partial charge in [-0.05, 0) is 14.1 Å². The van der Waals surface area contributed by atoms with E-state index in [1.807, 2.05) is 0 Å². The zero-order chi connectivity index (χ0) is 7.70. The summed E-state index contributed by atoms with van der Waals surface area (Å²) in [7, 11) is 3.16. The van der Waals surface area contributed by atoms with Gasteiger partial charge in [0, 0.05) is 0 Å². The quantitative estimate of drug-likeness (QED) is 0.199. The molecule has 0 rings (SSSR count). The van der Waals surface area contributed by atoms with Gasteiger partial charge in [0.25, 0.3) is 0 Å². The Morgan fingerprint density at radius 2 is 2.00 bits per heavy atom. The lowest BCUT2D eigenvalue weighted by Gasteiger charge is -2.03. The largest absolute Gasteiger partial charge is 0.333 e. The normalized spacial score (nSPS) is 10.1. The van der Waals surface area contributed by atoms with Crippen LogP contribution in [0.1, 0.15) is 0 Å². The molecule has 1 unspecified atom stereocenters. The summed E-state index contributed by atoms with van der Waals surface area (Å²) in [5, 5.41) is 12.8. The summed E-state index contributed by atoms with van der Waals surface area (Å²) in [6.07, 6.45) is 1.27. The summed E-state index contributed by atoms with van der Waals surface area (Å²) >= 11 is 0. The van der Waals surface area contributed by atoms with Crippen LogP contribution in [0.2, 0.25) is 0 Å². The van der Waals surface area contributed by atoms with Crippen LogP contribution in [0.25, 0.3) is 0 Å². The van der Waals surface area contributed by atoms with E-state index < -0.39 is 6.29 Å². The van der Waals surface area contributed by atoms with Gasteiger partial charge in [-0.3, -0.25) is 16.4 Å². The van der Waals surface area contributed by atoms with Gasteiger partial charge in [-0.1, -0.05) is 0 Å². The minimum absolute atomic E-state index is 0.412. The Kier molecular flexibility index (Phi) is 12.5. The molecule has 0 saturated heterocycles. The van der Waals surface area contributed by atoms with Crippen molar-refractivity contribution in [2.24, 2.45) is 11.5 Å². The zero-order valence-corrected chi connectivity index (χ0v) is 5.68. The Hall–Kier alpha value is -0.830. The second-order valence-corrected chi connectivity index (χ2v) is 1.02. The average Bonchev–Trinajstić information content (AvgIpc) is 1.93. The third kappa shape index (κ3) is 11.0. The van der Waals surface area contributed by atoms with Gasteiger partial charge in [-0.2, -0.15) is 5.26 Å². The van der Waals surface area contributed by atoms with Crippen LogP contribution in [-0.4, -0.2) is 20.4 Å². The van der Waals surface area contributed by atoms with Crippen LogP contribution in [0.3, 0.4) is 0 Å². The van der Waals surface area contributed by atoms with E-state index in [1.165, 1.54) is 7.05 Å². The maximum Gasteiger partial charge on any atom is 0.178 e. The van der Waals surface area contributed by atoms with Crippen LogP contribution < -0.4 is 22.1 Å². The summed E-state index contributed by atoms with van der Waals surface area (Å²) in [6.45, 7) is 0. The molecule has 5 nitrogen and oxygen atoms in total. The first-order valence-electron chi connectivity index (χ1n) is 2.46. The second kappa shape index (κ2) is 10.2. The fraction of sp³-hybridized carbons (Fsp3) is 0.750. The van der Waals surface area contributed by atoms with Crippen molar-refractivity contribution in [1.29, 1.82) is 5.26 Å². The van der Waals surface area contributed by atoms with E-state index in [1.54, 1.807) is 13.2 Å². The Balaban J connectivity index is 0. The van der Waals surface area contributed by atoms with Crippen molar-refractivity contribution < 1.29 is 0 Å². The summed E-state index contributed by atoms with van der Waals surface area (Å²) in [4.78, 5) is 0. The first kappa shape index (κ1) is 11.0. The molecule has 0 aliphatic heterocycles. The lowest BCUT2D eigenvalue weighted by atomic mass is 10.8. The number of hydrogen-bond donors (Lipinski definition) is 4. The van der Waals surface area contributed by atoms with Gasteiger partial charge in [-0.25, -0.2) is 0 Å². The van der Waals surface area contributed by atoms with Gasteiger partial charge in [0.15, 0.2) is 6.19 Å². The van der Waals surface area contributed by atoms with Crippen molar-refractivity contribution in [1.82, 2.24) is 10.6 Å². The minimum atomic E-state index is -0.412. The highest BCUT2D eigenvalue weighted by molar-refractivity contribution is 4.67. The van der Waals surface area contributed by atoms with Crippen molar-refractivity contribution in [3.63, 3.8) is 0 Å². The number of nitrogens with zero attached hydrogens (tertiary/aromatic N) is 1. The third-order valence-electron chi connectivity index (χ3n) is 0.531. The molecule has 0 radical (unpaired) electrons. The van der Waals surface area contributed by atoms with E-state index in [9.17, 15) is 0 Å². The topological polar surface area (TPSA) is 99.9 Å². The molecule has 6 N–H and O–H groups in total. The van der Waals surface area contributed by atoms with E-state index in [4.69, 9.17) is 11.0 Å². The smallest absolute Gasteiger partial charge is 0.178 e. The molecule has 0 aromatic carbocycles. The van der Waals surface area contributed by atoms with Gasteiger partial charge in [0.2, 0.25) is 0 Å². The average molecular weight is 131 g/mol. The minimum Gasteiger partial charge on any atom is -0.333 e. The Morgan fingerprint density at radius 3 is 2.11 bits per heavy atom. The lowest BCUT2D eigenvalue weighted by molar-refractivity contribution is 0.541. The lowest BCUT2D eigenvalue weighted by Crippen LogP contribution is -2.45. The van der Waals surface area contributed by atoms with Crippen molar-refractivity contribution in [2.75, 3.05) is 14.1 Å². The maximum absolute atomic E-state index is 7.89. The highest BCUT2D eigenvalue weighted by Gasteiger charge is 1.88. The van der Waals surface area contributed by atoms with Crippen molar-refractivity contribution >= 4 is 0 Å². The summed E-state index contributed by atoms with van der Waals surface area (Å²) in [6, 6.07) is 0. The molecule has 0 aliphatic rings. The van der Waals surface area contributed by atoms with Crippen molar-refractivity contribution in [3.8, 4) is 6.19 Å². The Labute approximate surface area is 55.0 Å². The SMILES string of the molecule is CN.CNC(N)NC#N. The summed E-state index contributed by atoms with van der Waals surface area (Å²) < 4.78 is 0. The van der Waals surface area contributed by atoms with E-state index >= 15 is 0 Å². The van der Waals surface area contributed by atoms with E-state index in [0.29, 0.717) is 0 Å². The molecule has 0 fully saturated rings. The molecule has 5 heteroatoms. The molecule has 0 bridgehead atoms. The van der Waals surface area contributed by atoms with Crippen molar-refractivity contribution in [3.05, 3.63) is 0 Å². The van der Waals surface area contributed by atoms with Gasteiger partial charge in [0.05, 0.1) is 0 Å². The zero-order valence-electron chi connectivity index (χ0n) is 5.68. The van der Waals surface area contributed by atoms with Crippen LogP contribution in [0.5, 0.6) is 0 Å². The second-order valence-electron chi connectivity index (χ2n) is 1.02. The summed E-state index contributed by atoms with van der Waals surface area (Å²) in [5.74, 6) is 0. The van der Waals surface area contributed by atoms with E-state index in [-0.39, 0.29) is 0 Å². The van der Waals surface area contributed by atoms with Crippen LogP contribution in [0.4, 0.5) is 0 Å². The molecule has 1 atom stereocenters. The van der Waals surface area contributed by atoms with Gasteiger partial charge < -0.3 is 5.73 Å². The van der Waals surface area contributed by atoms with Crippen molar-refractivity contribution in [2.45, 2.75) is 6.29 Å². The maximum atomic E-state index is 7.89. The van der Waals surface area contributed by atoms with Crippen LogP contribution >= 0.6 is 0 Å². The van der Waals surface area contributed by atoms with Crippen LogP contribution in [0, 0.1) is 11.5 Å². The molecule has 54 valence electrons. The number of rotatable bonds is 2. The highest BCUT2D eigenvalue weighted by atomic mass is 15.2. The highest BCUT2D eigenvalue weighted by Crippen LogP contribution is 1.51. The van der Waals surface area contributed by atoms with E-state index in [2.05, 4.69) is 16.4 Å². The van der Waals surface area contributed by atoms with E-state index in [0.717, 1.165) is 0 Å². The van der Waals surface area contributed by atoms with Gasteiger partial charge in [-0.15, -0.1) is 0 Å². The number of nitrogens with two attached hydrogens (primary N) is 2. The predicted molar refractivity (Wildman–Crippen MR) is 35.9 cm³/mol. The predicted octanol–water partition coefficient (Wildman–Crippen LogP) is -1.91. The molecule has 0 amide bonds. The van der Waals surface area contributed by atoms with Gasteiger partial charge in [0.1, 0.15) is 6.29 Å². The molecule has 0 spiro atoms. The number of nitrogens with one attached hydrogen (secondary N) is 2. The number of nitriles is 1. The number of hydrogen-bond acceptors (Lipinski definition) is 5. The molecule has 0 saturated carbocycles. The molecule has 9 heavy (non-hydrogen) atoms. The molecular formula is C4H13N5. The van der Waals surface area contributed by atoms with Crippen LogP contribution in [0.15, 0.2) is 0 Å². The monoisotopic (exact) mass is 131 g/mol. The molecule has 0 aromatic heterocycles.